The zero-order valence-corrected chi connectivity index (χ0v) is 16.3. The first-order valence-corrected chi connectivity index (χ1v) is 9.12. The molecule has 0 unspecified atom stereocenters. The highest BCUT2D eigenvalue weighted by atomic mass is 16.6. The zero-order valence-electron chi connectivity index (χ0n) is 16.3. The van der Waals surface area contributed by atoms with Gasteiger partial charge in [-0.25, -0.2) is 4.79 Å². The number of fused-ring (bicyclic) bond motifs is 1. The summed E-state index contributed by atoms with van der Waals surface area (Å²) in [6.07, 6.45) is 1.93. The lowest BCUT2D eigenvalue weighted by atomic mass is 10.0. The Morgan fingerprint density at radius 2 is 1.93 bits per heavy atom. The van der Waals surface area contributed by atoms with E-state index >= 15 is 0 Å². The number of nitrogens with two attached hydrogens (primary N) is 1. The van der Waals surface area contributed by atoms with Gasteiger partial charge in [0.2, 0.25) is 5.91 Å². The molecule has 0 spiro atoms. The van der Waals surface area contributed by atoms with Crippen molar-refractivity contribution in [3.8, 4) is 0 Å². The molecule has 0 bridgehead atoms. The maximum absolute atomic E-state index is 12.6. The van der Waals surface area contributed by atoms with Crippen LogP contribution in [0.3, 0.4) is 0 Å². The molecular weight excluding hydrogens is 362 g/mol. The summed E-state index contributed by atoms with van der Waals surface area (Å²) in [5, 5.41) is 12.4. The molecule has 0 aliphatic carbocycles. The number of carboxylic acid groups (broad SMARTS) is 1. The SMILES string of the molecule is CC(C)(C)OC(=O)[C@@H](Cc1c[nH]c2ccccc12)NC(=O)CC[C@@H](N)C(=O)O. The van der Waals surface area contributed by atoms with Crippen molar-refractivity contribution in [2.75, 3.05) is 0 Å². The molecule has 2 rings (SSSR count). The maximum atomic E-state index is 12.6. The van der Waals surface area contributed by atoms with Crippen LogP contribution >= 0.6 is 0 Å². The van der Waals surface area contributed by atoms with Crippen LogP contribution in [0.15, 0.2) is 30.5 Å². The maximum Gasteiger partial charge on any atom is 0.329 e. The highest BCUT2D eigenvalue weighted by molar-refractivity contribution is 5.87. The van der Waals surface area contributed by atoms with E-state index in [2.05, 4.69) is 10.3 Å². The van der Waals surface area contributed by atoms with E-state index in [0.29, 0.717) is 0 Å². The van der Waals surface area contributed by atoms with Gasteiger partial charge in [-0.05, 0) is 38.8 Å². The van der Waals surface area contributed by atoms with Gasteiger partial charge in [0.25, 0.3) is 0 Å². The van der Waals surface area contributed by atoms with Gasteiger partial charge in [0.05, 0.1) is 0 Å². The Hall–Kier alpha value is -2.87. The highest BCUT2D eigenvalue weighted by Gasteiger charge is 2.28. The number of nitrogens with one attached hydrogen (secondary N) is 2. The van der Waals surface area contributed by atoms with Crippen LogP contribution in [0.2, 0.25) is 0 Å². The second kappa shape index (κ2) is 8.88. The number of rotatable bonds is 8. The minimum atomic E-state index is -1.17. The monoisotopic (exact) mass is 389 g/mol. The summed E-state index contributed by atoms with van der Waals surface area (Å²) in [5.74, 6) is -2.17. The fourth-order valence-corrected chi connectivity index (χ4v) is 2.76. The first kappa shape index (κ1) is 21.4. The fraction of sp³-hybridized carbons (Fsp3) is 0.450. The summed E-state index contributed by atoms with van der Waals surface area (Å²) in [7, 11) is 0. The molecule has 1 amide bonds. The number of benzene rings is 1. The van der Waals surface area contributed by atoms with Crippen LogP contribution in [-0.4, -0.2) is 45.6 Å². The lowest BCUT2D eigenvalue weighted by Gasteiger charge is -2.24. The third kappa shape index (κ3) is 6.09. The number of ether oxygens (including phenoxy) is 1. The summed E-state index contributed by atoms with van der Waals surface area (Å²) in [6, 6.07) is 5.63. The van der Waals surface area contributed by atoms with Gasteiger partial charge < -0.3 is 25.9 Å². The Balaban J connectivity index is 2.13. The Morgan fingerprint density at radius 3 is 2.57 bits per heavy atom. The largest absolute Gasteiger partial charge is 0.480 e. The lowest BCUT2D eigenvalue weighted by Crippen LogP contribution is -2.46. The molecule has 5 N–H and O–H groups in total. The zero-order chi connectivity index (χ0) is 20.9. The summed E-state index contributed by atoms with van der Waals surface area (Å²) in [6.45, 7) is 5.25. The van der Waals surface area contributed by atoms with Crippen LogP contribution in [0.25, 0.3) is 10.9 Å². The second-order valence-corrected chi connectivity index (χ2v) is 7.70. The Morgan fingerprint density at radius 1 is 1.25 bits per heavy atom. The molecule has 0 saturated carbocycles. The van der Waals surface area contributed by atoms with Gasteiger partial charge in [0, 0.05) is 29.9 Å². The molecule has 2 aromatic rings. The Bertz CT molecular complexity index is 853. The number of aromatic amines is 1. The topological polar surface area (TPSA) is 135 Å². The van der Waals surface area contributed by atoms with E-state index in [1.165, 1.54) is 0 Å². The molecule has 1 heterocycles. The molecule has 0 aliphatic rings. The molecule has 0 fully saturated rings. The first-order chi connectivity index (χ1) is 13.1. The minimum Gasteiger partial charge on any atom is -0.480 e. The average Bonchev–Trinajstić information content (AvgIpc) is 3.00. The number of H-pyrrole nitrogens is 1. The number of carbonyl (C=O) groups is 3. The van der Waals surface area contributed by atoms with Crippen LogP contribution in [-0.2, 0) is 25.5 Å². The number of hydrogen-bond acceptors (Lipinski definition) is 5. The van der Waals surface area contributed by atoms with Gasteiger partial charge in [0.15, 0.2) is 0 Å². The van der Waals surface area contributed by atoms with E-state index < -0.39 is 35.5 Å². The molecule has 152 valence electrons. The van der Waals surface area contributed by atoms with Gasteiger partial charge in [-0.1, -0.05) is 18.2 Å². The van der Waals surface area contributed by atoms with E-state index in [0.717, 1.165) is 16.5 Å². The van der Waals surface area contributed by atoms with Crippen LogP contribution in [0.5, 0.6) is 0 Å². The van der Waals surface area contributed by atoms with Crippen LogP contribution in [0, 0.1) is 0 Å². The quantitative estimate of drug-likeness (QED) is 0.508. The van der Waals surface area contributed by atoms with Crippen molar-refractivity contribution in [3.63, 3.8) is 0 Å². The van der Waals surface area contributed by atoms with Crippen LogP contribution in [0.1, 0.15) is 39.2 Å². The van der Waals surface area contributed by atoms with Crippen molar-refractivity contribution in [2.45, 2.75) is 57.7 Å². The van der Waals surface area contributed by atoms with Crippen molar-refractivity contribution in [3.05, 3.63) is 36.0 Å². The number of hydrogen-bond donors (Lipinski definition) is 4. The molecule has 28 heavy (non-hydrogen) atoms. The van der Waals surface area contributed by atoms with Gasteiger partial charge in [-0.2, -0.15) is 0 Å². The van der Waals surface area contributed by atoms with E-state index in [1.807, 2.05) is 24.3 Å². The Labute approximate surface area is 163 Å². The standard InChI is InChI=1S/C20H27N3O5/c1-20(2,3)28-19(27)16(23-17(24)9-8-14(21)18(25)26)10-12-11-22-15-7-5-4-6-13(12)15/h4-7,11,14,16,22H,8-10,21H2,1-3H3,(H,23,24)(H,25,26)/t14-,16-/m1/s1. The third-order valence-corrected chi connectivity index (χ3v) is 4.13. The van der Waals surface area contributed by atoms with Gasteiger partial charge in [-0.15, -0.1) is 0 Å². The first-order valence-electron chi connectivity index (χ1n) is 9.12. The number of aliphatic carboxylic acids is 1. The predicted molar refractivity (Wildman–Crippen MR) is 105 cm³/mol. The van der Waals surface area contributed by atoms with Crippen molar-refractivity contribution >= 4 is 28.7 Å². The average molecular weight is 389 g/mol. The molecule has 1 aromatic carbocycles. The molecule has 2 atom stereocenters. The molecular formula is C20H27N3O5. The van der Waals surface area contributed by atoms with Crippen molar-refractivity contribution in [2.24, 2.45) is 5.73 Å². The number of amides is 1. The molecule has 0 radical (unpaired) electrons. The van der Waals surface area contributed by atoms with Gasteiger partial charge >= 0.3 is 11.9 Å². The second-order valence-electron chi connectivity index (χ2n) is 7.70. The Kier molecular flexibility index (Phi) is 6.80. The lowest BCUT2D eigenvalue weighted by molar-refractivity contribution is -0.158. The summed E-state index contributed by atoms with van der Waals surface area (Å²) in [5.41, 5.74) is 6.53. The molecule has 8 nitrogen and oxygen atoms in total. The number of carbonyl (C=O) groups excluding carboxylic acids is 2. The number of carboxylic acids is 1. The third-order valence-electron chi connectivity index (χ3n) is 4.13. The van der Waals surface area contributed by atoms with Crippen LogP contribution < -0.4 is 11.1 Å². The van der Waals surface area contributed by atoms with Gasteiger partial charge in [0.1, 0.15) is 17.7 Å². The molecule has 0 aliphatic heterocycles. The van der Waals surface area contributed by atoms with Crippen molar-refractivity contribution < 1.29 is 24.2 Å². The number of esters is 1. The normalized spacial score (nSPS) is 13.7. The molecule has 1 aromatic heterocycles. The molecule has 8 heteroatoms. The van der Waals surface area contributed by atoms with Crippen LogP contribution in [0.4, 0.5) is 0 Å². The minimum absolute atomic E-state index is 0.0186. The van der Waals surface area contributed by atoms with E-state index in [9.17, 15) is 14.4 Å². The number of para-hydroxylation sites is 1. The van der Waals surface area contributed by atoms with Gasteiger partial charge in [-0.3, -0.25) is 9.59 Å². The highest BCUT2D eigenvalue weighted by Crippen LogP contribution is 2.20. The fourth-order valence-electron chi connectivity index (χ4n) is 2.76. The van der Waals surface area contributed by atoms with Crippen molar-refractivity contribution in [1.29, 1.82) is 0 Å². The smallest absolute Gasteiger partial charge is 0.329 e. The predicted octanol–water partition coefficient (Wildman–Crippen LogP) is 1.73. The van der Waals surface area contributed by atoms with E-state index in [-0.39, 0.29) is 19.3 Å². The van der Waals surface area contributed by atoms with Crippen molar-refractivity contribution in [1.82, 2.24) is 10.3 Å². The number of aromatic nitrogens is 1. The van der Waals surface area contributed by atoms with E-state index in [4.69, 9.17) is 15.6 Å². The van der Waals surface area contributed by atoms with E-state index in [1.54, 1.807) is 27.0 Å². The summed E-state index contributed by atoms with van der Waals surface area (Å²) >= 11 is 0. The summed E-state index contributed by atoms with van der Waals surface area (Å²) < 4.78 is 5.44. The molecule has 0 saturated heterocycles. The summed E-state index contributed by atoms with van der Waals surface area (Å²) in [4.78, 5) is 38.8.